The minimum absolute atomic E-state index is 0.0709. The van der Waals surface area contributed by atoms with E-state index in [0.29, 0.717) is 35.3 Å². The van der Waals surface area contributed by atoms with Crippen LogP contribution in [0, 0.1) is 0 Å². The number of hydrogen-bond donors (Lipinski definition) is 3. The molecule has 0 atom stereocenters. The molecule has 0 aliphatic carbocycles. The summed E-state index contributed by atoms with van der Waals surface area (Å²) in [6.07, 6.45) is 5.29. The van der Waals surface area contributed by atoms with Gasteiger partial charge in [-0.05, 0) is 61.4 Å². The number of barbiturate groups is 1. The van der Waals surface area contributed by atoms with Gasteiger partial charge in [0.05, 0.1) is 12.2 Å². The van der Waals surface area contributed by atoms with Crippen LogP contribution in [0.15, 0.2) is 66.2 Å². The Balaban J connectivity index is 1.43. The molecule has 1 fully saturated rings. The van der Waals surface area contributed by atoms with Crippen molar-refractivity contribution in [2.45, 2.75) is 46.1 Å². The maximum absolute atomic E-state index is 13.1. The number of aromatic nitrogens is 3. The second kappa shape index (κ2) is 13.8. The number of anilines is 1. The van der Waals surface area contributed by atoms with Crippen molar-refractivity contribution in [3.63, 3.8) is 0 Å². The van der Waals surface area contributed by atoms with Crippen LogP contribution in [0.4, 0.5) is 10.5 Å². The molecular weight excluding hydrogens is 576 g/mol. The molecule has 1 aromatic heterocycles. The van der Waals surface area contributed by atoms with Crippen molar-refractivity contribution in [3.05, 3.63) is 82.9 Å². The standard InChI is InChI=1S/C33H34N6O6/c1-3-5-6-9-16-45-32(43)22-18-23(29(40)28(19-22)39-36-26-10-7-8-11-27(26)37-39)20-38(4-2)24-14-12-21(13-15-24)17-25-30(41)34-33(44)35-31(25)42/h7-8,10-15,17-19,40H,3-6,9,16,20H2,1-2H3,(H2,34,35,41,42,44). The third kappa shape index (κ3) is 7.18. The number of phenolic OH excluding ortho intramolecular Hbond substituents is 1. The Bertz CT molecular complexity index is 1720. The van der Waals surface area contributed by atoms with E-state index in [9.17, 15) is 24.3 Å². The number of imide groups is 2. The van der Waals surface area contributed by atoms with E-state index >= 15 is 0 Å². The Hall–Kier alpha value is -5.52. The molecule has 1 aliphatic rings. The second-order valence-corrected chi connectivity index (χ2v) is 10.6. The van der Waals surface area contributed by atoms with E-state index in [-0.39, 0.29) is 29.1 Å². The van der Waals surface area contributed by atoms with Crippen LogP contribution in [0.3, 0.4) is 0 Å². The van der Waals surface area contributed by atoms with Crippen LogP contribution >= 0.6 is 0 Å². The number of amides is 4. The van der Waals surface area contributed by atoms with Gasteiger partial charge in [0.15, 0.2) is 0 Å². The summed E-state index contributed by atoms with van der Waals surface area (Å²) in [6.45, 7) is 5.17. The Morgan fingerprint density at radius 1 is 0.933 bits per heavy atom. The van der Waals surface area contributed by atoms with E-state index in [2.05, 4.69) is 27.8 Å². The van der Waals surface area contributed by atoms with Gasteiger partial charge in [-0.1, -0.05) is 50.5 Å². The second-order valence-electron chi connectivity index (χ2n) is 10.6. The highest BCUT2D eigenvalue weighted by molar-refractivity contribution is 6.31. The highest BCUT2D eigenvalue weighted by Crippen LogP contribution is 2.31. The van der Waals surface area contributed by atoms with Crippen molar-refractivity contribution in [2.24, 2.45) is 0 Å². The van der Waals surface area contributed by atoms with Crippen molar-refractivity contribution in [2.75, 3.05) is 18.1 Å². The van der Waals surface area contributed by atoms with Gasteiger partial charge in [-0.15, -0.1) is 15.0 Å². The molecule has 45 heavy (non-hydrogen) atoms. The Morgan fingerprint density at radius 3 is 2.22 bits per heavy atom. The summed E-state index contributed by atoms with van der Waals surface area (Å²) in [5.41, 5.74) is 3.47. The number of carbonyl (C=O) groups excluding carboxylic acids is 4. The van der Waals surface area contributed by atoms with Gasteiger partial charge in [-0.2, -0.15) is 0 Å². The first-order valence-corrected chi connectivity index (χ1v) is 14.9. The minimum Gasteiger partial charge on any atom is -0.505 e. The largest absolute Gasteiger partial charge is 0.505 e. The highest BCUT2D eigenvalue weighted by atomic mass is 16.5. The van der Waals surface area contributed by atoms with Crippen LogP contribution in [0.2, 0.25) is 0 Å². The van der Waals surface area contributed by atoms with Crippen LogP contribution in [0.5, 0.6) is 5.75 Å². The summed E-state index contributed by atoms with van der Waals surface area (Å²) in [4.78, 5) is 52.0. The number of unbranched alkanes of at least 4 members (excludes halogenated alkanes) is 3. The number of nitrogens with one attached hydrogen (secondary N) is 2. The number of esters is 1. The molecule has 0 spiro atoms. The molecule has 0 bridgehead atoms. The van der Waals surface area contributed by atoms with E-state index in [1.165, 1.54) is 16.9 Å². The fraction of sp³-hybridized carbons (Fsp3) is 0.273. The molecule has 232 valence electrons. The van der Waals surface area contributed by atoms with Crippen molar-refractivity contribution in [3.8, 4) is 11.4 Å². The first-order chi connectivity index (χ1) is 21.8. The van der Waals surface area contributed by atoms with Gasteiger partial charge in [-0.25, -0.2) is 9.59 Å². The number of fused-ring (bicyclic) bond motifs is 1. The zero-order valence-electron chi connectivity index (χ0n) is 25.1. The molecule has 12 nitrogen and oxygen atoms in total. The maximum Gasteiger partial charge on any atom is 0.338 e. The van der Waals surface area contributed by atoms with Crippen LogP contribution in [0.25, 0.3) is 22.8 Å². The minimum atomic E-state index is -0.858. The average molecular weight is 611 g/mol. The number of rotatable bonds is 12. The summed E-state index contributed by atoms with van der Waals surface area (Å²) in [6, 6.07) is 16.7. The number of phenols is 1. The van der Waals surface area contributed by atoms with Crippen molar-refractivity contribution >= 4 is 46.6 Å². The Morgan fingerprint density at radius 2 is 1.60 bits per heavy atom. The lowest BCUT2D eigenvalue weighted by molar-refractivity contribution is -0.123. The quantitative estimate of drug-likeness (QED) is 0.0900. The van der Waals surface area contributed by atoms with Gasteiger partial charge in [0.2, 0.25) is 0 Å². The fourth-order valence-corrected chi connectivity index (χ4v) is 4.96. The van der Waals surface area contributed by atoms with Crippen LogP contribution in [-0.2, 0) is 20.9 Å². The molecule has 4 aromatic rings. The summed E-state index contributed by atoms with van der Waals surface area (Å²) in [5, 5.41) is 24.6. The van der Waals surface area contributed by atoms with Gasteiger partial charge in [0, 0.05) is 24.3 Å². The van der Waals surface area contributed by atoms with Crippen LogP contribution < -0.4 is 15.5 Å². The zero-order chi connectivity index (χ0) is 31.9. The topological polar surface area (TPSA) is 156 Å². The predicted molar refractivity (Wildman–Crippen MR) is 168 cm³/mol. The predicted octanol–water partition coefficient (Wildman–Crippen LogP) is 4.64. The molecule has 0 saturated carbocycles. The third-order valence-corrected chi connectivity index (χ3v) is 7.39. The molecule has 2 heterocycles. The number of aromatic hydroxyl groups is 1. The monoisotopic (exact) mass is 610 g/mol. The van der Waals surface area contributed by atoms with Crippen molar-refractivity contribution in [1.82, 2.24) is 25.6 Å². The van der Waals surface area contributed by atoms with Crippen LogP contribution in [0.1, 0.15) is 61.0 Å². The molecule has 0 radical (unpaired) electrons. The molecule has 0 unspecified atom stereocenters. The molecule has 5 rings (SSSR count). The first-order valence-electron chi connectivity index (χ1n) is 14.9. The molecular formula is C33H34N6O6. The summed E-state index contributed by atoms with van der Waals surface area (Å²) in [7, 11) is 0. The zero-order valence-corrected chi connectivity index (χ0v) is 25.1. The lowest BCUT2D eigenvalue weighted by Crippen LogP contribution is -2.51. The van der Waals surface area contributed by atoms with Crippen LogP contribution in [-0.4, -0.2) is 57.1 Å². The van der Waals surface area contributed by atoms with E-state index < -0.39 is 23.8 Å². The fourth-order valence-electron chi connectivity index (χ4n) is 4.96. The third-order valence-electron chi connectivity index (χ3n) is 7.39. The van der Waals surface area contributed by atoms with Gasteiger partial charge in [-0.3, -0.25) is 20.2 Å². The number of benzene rings is 3. The number of ether oxygens (including phenoxy) is 1. The first kappa shape index (κ1) is 30.9. The Labute approximate surface area is 259 Å². The maximum atomic E-state index is 13.1. The molecule has 3 N–H and O–H groups in total. The average Bonchev–Trinajstić information content (AvgIpc) is 3.46. The molecule has 1 aliphatic heterocycles. The van der Waals surface area contributed by atoms with Gasteiger partial charge < -0.3 is 14.7 Å². The smallest absolute Gasteiger partial charge is 0.338 e. The highest BCUT2D eigenvalue weighted by Gasteiger charge is 2.27. The summed E-state index contributed by atoms with van der Waals surface area (Å²) in [5.74, 6) is -2.11. The SMILES string of the molecule is CCCCCCOC(=O)c1cc(CN(CC)c2ccc(C=C3C(=O)NC(=O)NC3=O)cc2)c(O)c(-n2nc3ccccc3n2)c1. The molecule has 3 aromatic carbocycles. The molecule has 1 saturated heterocycles. The van der Waals surface area contributed by atoms with Gasteiger partial charge in [0.25, 0.3) is 11.8 Å². The summed E-state index contributed by atoms with van der Waals surface area (Å²) >= 11 is 0. The lowest BCUT2D eigenvalue weighted by atomic mass is 10.1. The number of nitrogens with zero attached hydrogens (tertiary/aromatic N) is 4. The van der Waals surface area contributed by atoms with Gasteiger partial charge in [0.1, 0.15) is 28.0 Å². The number of urea groups is 1. The normalized spacial score (nSPS) is 13.0. The van der Waals surface area contributed by atoms with E-state index in [1.54, 1.807) is 18.2 Å². The van der Waals surface area contributed by atoms with Crippen molar-refractivity contribution in [1.29, 1.82) is 0 Å². The van der Waals surface area contributed by atoms with Gasteiger partial charge >= 0.3 is 12.0 Å². The van der Waals surface area contributed by atoms with E-state index in [4.69, 9.17) is 4.74 Å². The Kier molecular flexibility index (Phi) is 9.51. The van der Waals surface area contributed by atoms with Crippen molar-refractivity contribution < 1.29 is 29.0 Å². The van der Waals surface area contributed by atoms with E-state index in [1.807, 2.05) is 48.2 Å². The molecule has 4 amide bonds. The number of carbonyl (C=O) groups is 4. The molecule has 12 heteroatoms. The lowest BCUT2D eigenvalue weighted by Gasteiger charge is -2.24. The summed E-state index contributed by atoms with van der Waals surface area (Å²) < 4.78 is 5.57. The van der Waals surface area contributed by atoms with E-state index in [0.717, 1.165) is 31.4 Å². The number of hydrogen-bond acceptors (Lipinski definition) is 9.